The number of ether oxygens (including phenoxy) is 1. The van der Waals surface area contributed by atoms with Crippen LogP contribution in [0.1, 0.15) is 59.2 Å². The highest BCUT2D eigenvalue weighted by molar-refractivity contribution is 9.10. The Morgan fingerprint density at radius 3 is 2.23 bits per heavy atom. The van der Waals surface area contributed by atoms with E-state index in [1.807, 2.05) is 72.9 Å². The molecule has 7 heterocycles. The summed E-state index contributed by atoms with van der Waals surface area (Å²) in [6.45, 7) is 9.55. The third-order valence-electron chi connectivity index (χ3n) is 15.6. The number of aromatic nitrogens is 4. The highest BCUT2D eigenvalue weighted by atomic mass is 79.9. The van der Waals surface area contributed by atoms with Crippen molar-refractivity contribution in [3.8, 4) is 28.0 Å². The Morgan fingerprint density at radius 1 is 0.813 bits per heavy atom. The number of rotatable bonds is 13. The summed E-state index contributed by atoms with van der Waals surface area (Å²) < 4.78 is 37.8. The quantitative estimate of drug-likeness (QED) is 0.0739. The van der Waals surface area contributed by atoms with Crippen molar-refractivity contribution < 1.29 is 32.9 Å². The molecule has 0 saturated carbocycles. The van der Waals surface area contributed by atoms with Crippen LogP contribution in [0.2, 0.25) is 0 Å². The standard InChI is InChI=1S/C55H58BrFN11O6P/c1-64-30-36(27-59-64)37-24-43(61-54-58-28-40(56)50(63-54)60-42-11-10-35(22-48(42)75(3,4)73)34-8-6-5-7-9-34)47(74-2)26-45(37)67-31-55(32-67)16-20-65(21-17-55)29-33-14-18-66(19-15-33)46-25-39-38(23-41(46)57)52(71)68(53(39)72)44-12-13-49(69)62-51(44)70/h5-11,22-28,30,33,44H,12-21,29,31-32H2,1-4H3,(H,62,69,70)(H2,58,60,61,63). The number of benzene rings is 4. The van der Waals surface area contributed by atoms with Gasteiger partial charge in [-0.1, -0.05) is 36.4 Å². The van der Waals surface area contributed by atoms with E-state index < -0.39 is 42.6 Å². The van der Waals surface area contributed by atoms with Crippen molar-refractivity contribution in [3.63, 3.8) is 0 Å². The van der Waals surface area contributed by atoms with Gasteiger partial charge in [0.1, 0.15) is 30.6 Å². The Hall–Kier alpha value is -6.95. The number of nitrogens with one attached hydrogen (secondary N) is 3. The number of imide groups is 2. The summed E-state index contributed by atoms with van der Waals surface area (Å²) in [6, 6.07) is 21.6. The Labute approximate surface area is 442 Å². The predicted molar refractivity (Wildman–Crippen MR) is 291 cm³/mol. The monoisotopic (exact) mass is 1100 g/mol. The number of piperidine rings is 3. The van der Waals surface area contributed by atoms with Gasteiger partial charge in [-0.05, 0) is 122 Å². The van der Waals surface area contributed by atoms with E-state index in [4.69, 9.17) is 9.72 Å². The number of fused-ring (bicyclic) bond motifs is 1. The van der Waals surface area contributed by atoms with Crippen molar-refractivity contribution in [1.82, 2.24) is 34.9 Å². The van der Waals surface area contributed by atoms with Gasteiger partial charge in [0, 0.05) is 92.2 Å². The molecule has 1 spiro atoms. The number of nitrogens with zero attached hydrogens (tertiary/aromatic N) is 8. The Morgan fingerprint density at radius 2 is 1.55 bits per heavy atom. The van der Waals surface area contributed by atoms with E-state index in [0.717, 1.165) is 97.3 Å². The molecule has 4 amide bonds. The van der Waals surface area contributed by atoms with Gasteiger partial charge in [0.2, 0.25) is 17.8 Å². The minimum atomic E-state index is -2.72. The second-order valence-corrected chi connectivity index (χ2v) is 25.0. The molecule has 6 aromatic rings. The van der Waals surface area contributed by atoms with Crippen molar-refractivity contribution in [3.05, 3.63) is 113 Å². The smallest absolute Gasteiger partial charge is 0.262 e. The van der Waals surface area contributed by atoms with Crippen LogP contribution in [0.4, 0.5) is 38.9 Å². The Bertz CT molecular complexity index is 3310. The first kappa shape index (κ1) is 50.2. The minimum Gasteiger partial charge on any atom is -0.494 e. The van der Waals surface area contributed by atoms with Gasteiger partial charge in [0.05, 0.1) is 46.0 Å². The average Bonchev–Trinajstić information content (AvgIpc) is 3.93. The van der Waals surface area contributed by atoms with Crippen molar-refractivity contribution in [2.24, 2.45) is 18.4 Å². The van der Waals surface area contributed by atoms with Crippen LogP contribution >= 0.6 is 23.1 Å². The van der Waals surface area contributed by atoms with Crippen molar-refractivity contribution in [1.29, 1.82) is 0 Å². The highest BCUT2D eigenvalue weighted by Gasteiger charge is 2.47. The molecule has 3 N–H and O–H groups in total. The molecule has 5 aliphatic heterocycles. The number of methoxy groups -OCH3 is 1. The molecule has 17 nitrogen and oxygen atoms in total. The third kappa shape index (κ3) is 9.93. The van der Waals surface area contributed by atoms with E-state index in [0.29, 0.717) is 57.7 Å². The molecule has 4 fully saturated rings. The fraction of sp³-hybridized carbons (Fsp3) is 0.364. The van der Waals surface area contributed by atoms with Crippen LogP contribution in [0.25, 0.3) is 22.3 Å². The van der Waals surface area contributed by atoms with Gasteiger partial charge in [0.25, 0.3) is 11.8 Å². The summed E-state index contributed by atoms with van der Waals surface area (Å²) in [7, 11) is 0.845. The lowest BCUT2D eigenvalue weighted by atomic mass is 9.71. The van der Waals surface area contributed by atoms with Gasteiger partial charge in [-0.15, -0.1) is 0 Å². The Balaban J connectivity index is 0.727. The number of halogens is 2. The van der Waals surface area contributed by atoms with Gasteiger partial charge >= 0.3 is 0 Å². The van der Waals surface area contributed by atoms with E-state index in [1.54, 1.807) is 31.3 Å². The zero-order chi connectivity index (χ0) is 52.3. The molecule has 75 heavy (non-hydrogen) atoms. The molecule has 20 heteroatoms. The molecule has 5 aliphatic rings. The van der Waals surface area contributed by atoms with Gasteiger partial charge in [0.15, 0.2) is 0 Å². The first-order valence-electron chi connectivity index (χ1n) is 25.3. The summed E-state index contributed by atoms with van der Waals surface area (Å²) in [6.07, 6.45) is 9.51. The molecule has 388 valence electrons. The lowest BCUT2D eigenvalue weighted by molar-refractivity contribution is -0.136. The van der Waals surface area contributed by atoms with Crippen LogP contribution in [0, 0.1) is 17.2 Å². The zero-order valence-corrected chi connectivity index (χ0v) is 44.7. The van der Waals surface area contributed by atoms with Crippen LogP contribution in [-0.2, 0) is 21.2 Å². The molecular formula is C55H58BrFN11O6P. The van der Waals surface area contributed by atoms with Crippen molar-refractivity contribution in [2.75, 3.05) is 86.7 Å². The van der Waals surface area contributed by atoms with Crippen LogP contribution < -0.4 is 35.8 Å². The second-order valence-electron chi connectivity index (χ2n) is 20.9. The van der Waals surface area contributed by atoms with Crippen LogP contribution in [0.3, 0.4) is 0 Å². The molecule has 2 aromatic heterocycles. The SMILES string of the molecule is COc1cc(N2CC3(CCN(CC4CCN(c5cc6c(cc5F)C(=O)N(C5CCC(=O)NC5=O)C6=O)CC4)CC3)C2)c(-c2cnn(C)c2)cc1Nc1ncc(Br)c(Nc2ccc(-c3ccccc3)cc2P(C)(C)=O)n1. The molecule has 0 radical (unpaired) electrons. The summed E-state index contributed by atoms with van der Waals surface area (Å²) in [5.74, 6) is -1.16. The molecule has 11 rings (SSSR count). The van der Waals surface area contributed by atoms with Gasteiger partial charge in [-0.2, -0.15) is 10.1 Å². The molecule has 0 bridgehead atoms. The first-order valence-corrected chi connectivity index (χ1v) is 28.7. The molecule has 4 aromatic carbocycles. The number of anilines is 6. The summed E-state index contributed by atoms with van der Waals surface area (Å²) in [5, 5.41) is 14.3. The maximum Gasteiger partial charge on any atom is 0.262 e. The minimum absolute atomic E-state index is 0.0158. The number of carbonyl (C=O) groups is 4. The summed E-state index contributed by atoms with van der Waals surface area (Å²) in [5.41, 5.74) is 6.92. The molecule has 0 aliphatic carbocycles. The molecule has 1 atom stereocenters. The maximum atomic E-state index is 15.7. The highest BCUT2D eigenvalue weighted by Crippen LogP contribution is 2.49. The second kappa shape index (κ2) is 20.0. The predicted octanol–water partition coefficient (Wildman–Crippen LogP) is 8.41. The van der Waals surface area contributed by atoms with Gasteiger partial charge < -0.3 is 34.6 Å². The van der Waals surface area contributed by atoms with Gasteiger partial charge in [-0.25, -0.2) is 9.37 Å². The normalized spacial score (nSPS) is 19.1. The van der Waals surface area contributed by atoms with E-state index in [2.05, 4.69) is 63.9 Å². The van der Waals surface area contributed by atoms with E-state index in [9.17, 15) is 23.7 Å². The molecule has 4 saturated heterocycles. The molecule has 1 unspecified atom stereocenters. The van der Waals surface area contributed by atoms with Crippen LogP contribution in [0.15, 0.2) is 95.9 Å². The number of hydrogen-bond acceptors (Lipinski definition) is 14. The first-order chi connectivity index (χ1) is 36.0. The number of likely N-dealkylation sites (tertiary alicyclic amines) is 1. The number of hydrogen-bond donors (Lipinski definition) is 3. The Kier molecular flexibility index (Phi) is 13.4. The van der Waals surface area contributed by atoms with Crippen molar-refractivity contribution >= 4 is 86.5 Å². The number of carbonyl (C=O) groups excluding carboxylic acids is 4. The summed E-state index contributed by atoms with van der Waals surface area (Å²) in [4.78, 5) is 68.3. The van der Waals surface area contributed by atoms with E-state index in [1.165, 1.54) is 6.07 Å². The average molecular weight is 1100 g/mol. The van der Waals surface area contributed by atoms with Crippen LogP contribution in [0.5, 0.6) is 5.75 Å². The fourth-order valence-electron chi connectivity index (χ4n) is 11.4. The number of amides is 4. The van der Waals surface area contributed by atoms with Gasteiger partial charge in [-0.3, -0.25) is 34.1 Å². The number of aryl methyl sites for hydroxylation is 1. The summed E-state index contributed by atoms with van der Waals surface area (Å²) >= 11 is 3.63. The zero-order valence-electron chi connectivity index (χ0n) is 42.2. The molecular weight excluding hydrogens is 1040 g/mol. The maximum absolute atomic E-state index is 15.7. The third-order valence-corrected chi connectivity index (χ3v) is 17.7. The van der Waals surface area contributed by atoms with Crippen molar-refractivity contribution in [2.45, 2.75) is 44.6 Å². The largest absolute Gasteiger partial charge is 0.494 e. The lowest BCUT2D eigenvalue weighted by Gasteiger charge is -2.55. The lowest BCUT2D eigenvalue weighted by Crippen LogP contribution is -2.61. The topological polar surface area (TPSA) is 187 Å². The van der Waals surface area contributed by atoms with E-state index in [-0.39, 0.29) is 35.1 Å². The van der Waals surface area contributed by atoms with Crippen LogP contribution in [-0.4, -0.2) is 125 Å². The van der Waals surface area contributed by atoms with E-state index >= 15 is 4.39 Å². The fourth-order valence-corrected chi connectivity index (χ4v) is 12.9.